The highest BCUT2D eigenvalue weighted by Crippen LogP contribution is 2.10. The van der Waals surface area contributed by atoms with Crippen molar-refractivity contribution in [3.63, 3.8) is 0 Å². The Morgan fingerprint density at radius 2 is 2.30 bits per heavy atom. The summed E-state index contributed by atoms with van der Waals surface area (Å²) in [6.07, 6.45) is 1.03. The lowest BCUT2D eigenvalue weighted by Gasteiger charge is -2.26. The Morgan fingerprint density at radius 3 is 2.80 bits per heavy atom. The van der Waals surface area contributed by atoms with Crippen molar-refractivity contribution in [2.24, 2.45) is 0 Å². The van der Waals surface area contributed by atoms with Gasteiger partial charge in [-0.15, -0.1) is 0 Å². The van der Waals surface area contributed by atoms with Gasteiger partial charge in [0.2, 0.25) is 0 Å². The van der Waals surface area contributed by atoms with Gasteiger partial charge in [0, 0.05) is 34.4 Å². The maximum Gasteiger partial charge on any atom is 0.0473 e. The summed E-state index contributed by atoms with van der Waals surface area (Å²) in [7, 11) is -0.585. The monoisotopic (exact) mass is 161 g/mol. The van der Waals surface area contributed by atoms with Crippen molar-refractivity contribution < 1.29 is 4.21 Å². The first-order chi connectivity index (χ1) is 4.75. The van der Waals surface area contributed by atoms with Crippen LogP contribution in [0.25, 0.3) is 0 Å². The van der Waals surface area contributed by atoms with E-state index in [4.69, 9.17) is 0 Å². The van der Waals surface area contributed by atoms with Crippen LogP contribution in [-0.2, 0) is 10.8 Å². The summed E-state index contributed by atoms with van der Waals surface area (Å²) in [6.45, 7) is 6.00. The molecule has 1 rings (SSSR count). The van der Waals surface area contributed by atoms with E-state index in [1.165, 1.54) is 0 Å². The molecule has 0 spiro atoms. The molecule has 1 aliphatic heterocycles. The van der Waals surface area contributed by atoms with E-state index in [1.807, 2.05) is 6.92 Å². The molecule has 1 heterocycles. The Kier molecular flexibility index (Phi) is 2.86. The maximum atomic E-state index is 11.4. The fraction of sp³-hybridized carbons (Fsp3) is 1.00. The highest BCUT2D eigenvalue weighted by Gasteiger charge is 2.24. The summed E-state index contributed by atoms with van der Waals surface area (Å²) in [5.74, 6) is 0. The van der Waals surface area contributed by atoms with Crippen LogP contribution in [0.1, 0.15) is 20.3 Å². The molecule has 0 aromatic heterocycles. The minimum absolute atomic E-state index is 0.346. The summed E-state index contributed by atoms with van der Waals surface area (Å²) < 4.78 is 11.4. The molecule has 1 aliphatic rings. The van der Waals surface area contributed by atoms with E-state index < -0.39 is 10.8 Å². The van der Waals surface area contributed by atoms with Crippen LogP contribution < -0.4 is 5.32 Å². The van der Waals surface area contributed by atoms with Gasteiger partial charge in [-0.05, 0) is 13.3 Å². The molecule has 10 heavy (non-hydrogen) atoms. The first-order valence-corrected chi connectivity index (χ1v) is 5.13. The van der Waals surface area contributed by atoms with Gasteiger partial charge in [-0.1, -0.05) is 6.92 Å². The molecule has 3 atom stereocenters. The summed E-state index contributed by atoms with van der Waals surface area (Å²) in [5, 5.41) is 4.01. The molecule has 0 aromatic rings. The van der Waals surface area contributed by atoms with Crippen molar-refractivity contribution in [3.8, 4) is 0 Å². The lowest BCUT2D eigenvalue weighted by molar-refractivity contribution is 0.574. The molecule has 0 bridgehead atoms. The minimum Gasteiger partial charge on any atom is -0.314 e. The fourth-order valence-corrected chi connectivity index (χ4v) is 2.80. The summed E-state index contributed by atoms with van der Waals surface area (Å²) in [6, 6.07) is 0. The third-order valence-electron chi connectivity index (χ3n) is 1.98. The molecule has 0 aliphatic carbocycles. The van der Waals surface area contributed by atoms with Crippen LogP contribution >= 0.6 is 0 Å². The van der Waals surface area contributed by atoms with Crippen LogP contribution in [0.3, 0.4) is 0 Å². The lowest BCUT2D eigenvalue weighted by atomic mass is 10.3. The quantitative estimate of drug-likeness (QED) is 0.607. The second-order valence-electron chi connectivity index (χ2n) is 2.83. The van der Waals surface area contributed by atoms with Gasteiger partial charge in [-0.2, -0.15) is 0 Å². The largest absolute Gasteiger partial charge is 0.314 e. The van der Waals surface area contributed by atoms with Crippen LogP contribution in [-0.4, -0.2) is 27.8 Å². The standard InChI is InChI=1S/C7H15NOS/c1-3-7-5-8-4-6(2)10(7)9/h6-8H,3-5H2,1-2H3/t6-,7-,10+/m1/s1. The molecular weight excluding hydrogens is 146 g/mol. The number of hydrogen-bond acceptors (Lipinski definition) is 2. The van der Waals surface area contributed by atoms with Gasteiger partial charge in [0.15, 0.2) is 0 Å². The third kappa shape index (κ3) is 1.58. The third-order valence-corrected chi connectivity index (χ3v) is 4.10. The summed E-state index contributed by atoms with van der Waals surface area (Å²) in [4.78, 5) is 0. The van der Waals surface area contributed by atoms with Gasteiger partial charge in [-0.3, -0.25) is 4.21 Å². The smallest absolute Gasteiger partial charge is 0.0473 e. The fourth-order valence-electron chi connectivity index (χ4n) is 1.25. The molecular formula is C7H15NOS. The molecule has 3 heteroatoms. The van der Waals surface area contributed by atoms with E-state index in [0.717, 1.165) is 19.5 Å². The van der Waals surface area contributed by atoms with Crippen LogP contribution in [0.2, 0.25) is 0 Å². The molecule has 0 aromatic carbocycles. The van der Waals surface area contributed by atoms with Crippen molar-refractivity contribution in [2.45, 2.75) is 30.8 Å². The lowest BCUT2D eigenvalue weighted by Crippen LogP contribution is -2.45. The van der Waals surface area contributed by atoms with Gasteiger partial charge in [-0.25, -0.2) is 0 Å². The Hall–Kier alpha value is 0.110. The van der Waals surface area contributed by atoms with Crippen LogP contribution in [0, 0.1) is 0 Å². The van der Waals surface area contributed by atoms with E-state index in [9.17, 15) is 4.21 Å². The van der Waals surface area contributed by atoms with Crippen molar-refractivity contribution in [1.29, 1.82) is 0 Å². The molecule has 0 saturated carbocycles. The minimum atomic E-state index is -0.585. The van der Waals surface area contributed by atoms with Gasteiger partial charge in [0.25, 0.3) is 0 Å². The van der Waals surface area contributed by atoms with Crippen LogP contribution in [0.4, 0.5) is 0 Å². The van der Waals surface area contributed by atoms with Gasteiger partial charge < -0.3 is 5.32 Å². The zero-order valence-corrected chi connectivity index (χ0v) is 7.41. The SMILES string of the molecule is CC[C@@H]1CNC[C@@H](C)[S@@]1=O. The highest BCUT2D eigenvalue weighted by molar-refractivity contribution is 7.86. The van der Waals surface area contributed by atoms with Crippen LogP contribution in [0.15, 0.2) is 0 Å². The van der Waals surface area contributed by atoms with E-state index in [-0.39, 0.29) is 0 Å². The molecule has 0 radical (unpaired) electrons. The Morgan fingerprint density at radius 1 is 1.60 bits per heavy atom. The van der Waals surface area contributed by atoms with Crippen molar-refractivity contribution in [2.75, 3.05) is 13.1 Å². The zero-order valence-electron chi connectivity index (χ0n) is 6.59. The molecule has 1 fully saturated rings. The molecule has 0 amide bonds. The first kappa shape index (κ1) is 8.21. The zero-order chi connectivity index (χ0) is 7.56. The van der Waals surface area contributed by atoms with E-state index in [2.05, 4.69) is 12.2 Å². The van der Waals surface area contributed by atoms with E-state index in [0.29, 0.717) is 10.5 Å². The normalized spacial score (nSPS) is 41.6. The molecule has 2 nitrogen and oxygen atoms in total. The molecule has 1 saturated heterocycles. The average molecular weight is 161 g/mol. The van der Waals surface area contributed by atoms with Crippen LogP contribution in [0.5, 0.6) is 0 Å². The predicted octanol–water partition coefficient (Wildman–Crippen LogP) is 0.505. The molecule has 0 unspecified atom stereocenters. The number of rotatable bonds is 1. The van der Waals surface area contributed by atoms with E-state index >= 15 is 0 Å². The second-order valence-corrected chi connectivity index (χ2v) is 4.96. The van der Waals surface area contributed by atoms with Gasteiger partial charge >= 0.3 is 0 Å². The highest BCUT2D eigenvalue weighted by atomic mass is 32.2. The second kappa shape index (κ2) is 3.49. The number of hydrogen-bond donors (Lipinski definition) is 1. The average Bonchev–Trinajstić information content (AvgIpc) is 1.95. The predicted molar refractivity (Wildman–Crippen MR) is 44.6 cm³/mol. The van der Waals surface area contributed by atoms with Gasteiger partial charge in [0.1, 0.15) is 0 Å². The van der Waals surface area contributed by atoms with Gasteiger partial charge in [0.05, 0.1) is 0 Å². The summed E-state index contributed by atoms with van der Waals surface area (Å²) in [5.41, 5.74) is 0. The van der Waals surface area contributed by atoms with E-state index in [1.54, 1.807) is 0 Å². The Labute approximate surface area is 64.8 Å². The summed E-state index contributed by atoms with van der Waals surface area (Å²) >= 11 is 0. The Bertz CT molecular complexity index is 138. The molecule has 60 valence electrons. The molecule has 1 N–H and O–H groups in total. The topological polar surface area (TPSA) is 29.1 Å². The number of nitrogens with one attached hydrogen (secondary N) is 1. The van der Waals surface area contributed by atoms with Crippen molar-refractivity contribution in [1.82, 2.24) is 5.32 Å². The van der Waals surface area contributed by atoms with Crippen molar-refractivity contribution in [3.05, 3.63) is 0 Å². The maximum absolute atomic E-state index is 11.4. The Balaban J connectivity index is 2.51. The first-order valence-electron chi connectivity index (χ1n) is 3.85. The van der Waals surface area contributed by atoms with Crippen molar-refractivity contribution >= 4 is 10.8 Å².